The number of fused-ring (bicyclic) bond motifs is 1. The van der Waals surface area contributed by atoms with E-state index in [4.69, 9.17) is 10.00 Å². The van der Waals surface area contributed by atoms with Crippen molar-refractivity contribution in [1.82, 2.24) is 10.3 Å². The third-order valence-corrected chi connectivity index (χ3v) is 4.30. The number of benzene rings is 1. The van der Waals surface area contributed by atoms with Crippen LogP contribution in [0.15, 0.2) is 36.5 Å². The number of aromatic nitrogens is 1. The number of rotatable bonds is 4. The van der Waals surface area contributed by atoms with Crippen LogP contribution in [0.4, 0.5) is 4.79 Å². The van der Waals surface area contributed by atoms with Gasteiger partial charge in [0, 0.05) is 34.7 Å². The normalized spacial score (nSPS) is 15.6. The quantitative estimate of drug-likeness (QED) is 0.808. The topological polar surface area (TPSA) is 75.0 Å². The smallest absolute Gasteiger partial charge is 0.407 e. The van der Waals surface area contributed by atoms with Crippen molar-refractivity contribution in [3.63, 3.8) is 0 Å². The number of nitrogens with one attached hydrogen (secondary N) is 1. The van der Waals surface area contributed by atoms with Crippen LogP contribution in [0, 0.1) is 16.7 Å². The lowest BCUT2D eigenvalue weighted by atomic mass is 9.83. The van der Waals surface area contributed by atoms with Gasteiger partial charge in [0.25, 0.3) is 0 Å². The summed E-state index contributed by atoms with van der Waals surface area (Å²) in [5, 5.41) is 12.7. The van der Waals surface area contributed by atoms with Gasteiger partial charge in [0.05, 0.1) is 11.6 Å². The molecule has 5 nitrogen and oxygen atoms in total. The molecule has 1 atom stereocenters. The van der Waals surface area contributed by atoms with Crippen molar-refractivity contribution in [2.45, 2.75) is 45.8 Å². The molecule has 134 valence electrons. The Labute approximate surface area is 153 Å². The molecule has 26 heavy (non-hydrogen) atoms. The summed E-state index contributed by atoms with van der Waals surface area (Å²) in [4.78, 5) is 16.8. The summed E-state index contributed by atoms with van der Waals surface area (Å²) < 4.78 is 5.84. The minimum absolute atomic E-state index is 0.239. The molecule has 1 unspecified atom stereocenters. The van der Waals surface area contributed by atoms with Crippen LogP contribution in [-0.2, 0) is 4.74 Å². The Hall–Kier alpha value is -2.87. The summed E-state index contributed by atoms with van der Waals surface area (Å²) in [6.07, 6.45) is 6.08. The van der Waals surface area contributed by atoms with Crippen molar-refractivity contribution >= 4 is 23.1 Å². The molecule has 3 rings (SSSR count). The van der Waals surface area contributed by atoms with Gasteiger partial charge in [0.15, 0.2) is 0 Å². The Balaban J connectivity index is 2.06. The number of carbonyl (C=O) groups excluding carboxylic acids is 1. The fraction of sp³-hybridized carbons (Fsp3) is 0.381. The molecule has 1 aliphatic carbocycles. The second-order valence-electron chi connectivity index (χ2n) is 7.72. The van der Waals surface area contributed by atoms with E-state index in [0.717, 1.165) is 34.9 Å². The Bertz CT molecular complexity index is 886. The summed E-state index contributed by atoms with van der Waals surface area (Å²) in [7, 11) is 0. The van der Waals surface area contributed by atoms with Gasteiger partial charge in [0.2, 0.25) is 0 Å². The van der Waals surface area contributed by atoms with Gasteiger partial charge < -0.3 is 10.1 Å². The molecule has 1 N–H and O–H groups in total. The molecule has 1 aliphatic rings. The van der Waals surface area contributed by atoms with Crippen LogP contribution in [0.2, 0.25) is 0 Å². The van der Waals surface area contributed by atoms with Crippen LogP contribution < -0.4 is 5.32 Å². The third-order valence-electron chi connectivity index (χ3n) is 4.30. The van der Waals surface area contributed by atoms with E-state index >= 15 is 0 Å². The van der Waals surface area contributed by atoms with Crippen LogP contribution in [0.25, 0.3) is 17.0 Å². The van der Waals surface area contributed by atoms with Gasteiger partial charge in [-0.05, 0) is 42.7 Å². The first-order chi connectivity index (χ1) is 12.4. The molecule has 0 saturated heterocycles. The van der Waals surface area contributed by atoms with Crippen molar-refractivity contribution < 1.29 is 9.53 Å². The Morgan fingerprint density at radius 2 is 2.19 bits per heavy atom. The number of ether oxygens (including phenoxy) is 1. The highest BCUT2D eigenvalue weighted by Crippen LogP contribution is 2.39. The van der Waals surface area contributed by atoms with E-state index in [1.807, 2.05) is 51.1 Å². The summed E-state index contributed by atoms with van der Waals surface area (Å²) in [5.74, 6) is 0. The maximum atomic E-state index is 12.3. The highest BCUT2D eigenvalue weighted by Gasteiger charge is 2.33. The predicted molar refractivity (Wildman–Crippen MR) is 101 cm³/mol. The average molecular weight is 349 g/mol. The fourth-order valence-corrected chi connectivity index (χ4v) is 2.92. The van der Waals surface area contributed by atoms with E-state index < -0.39 is 12.2 Å². The molecule has 1 saturated carbocycles. The van der Waals surface area contributed by atoms with Crippen molar-refractivity contribution in [3.8, 4) is 6.07 Å². The van der Waals surface area contributed by atoms with E-state index in [1.165, 1.54) is 6.08 Å². The van der Waals surface area contributed by atoms with E-state index in [1.54, 1.807) is 12.3 Å². The Morgan fingerprint density at radius 3 is 2.85 bits per heavy atom. The molecule has 5 heteroatoms. The monoisotopic (exact) mass is 349 g/mol. The number of hydrogen-bond acceptors (Lipinski definition) is 4. The molecule has 0 spiro atoms. The second-order valence-corrected chi connectivity index (χ2v) is 7.72. The number of hydrogen-bond donors (Lipinski definition) is 1. The molecule has 1 heterocycles. The van der Waals surface area contributed by atoms with Gasteiger partial charge in [0.1, 0.15) is 6.10 Å². The summed E-state index contributed by atoms with van der Waals surface area (Å²) in [6, 6.07) is 10.0. The van der Waals surface area contributed by atoms with Crippen molar-refractivity contribution in [3.05, 3.63) is 47.7 Å². The summed E-state index contributed by atoms with van der Waals surface area (Å²) >= 11 is 0. The third kappa shape index (κ3) is 4.20. The zero-order valence-corrected chi connectivity index (χ0v) is 15.3. The maximum absolute atomic E-state index is 12.3. The zero-order valence-electron chi connectivity index (χ0n) is 15.3. The minimum atomic E-state index is -0.464. The highest BCUT2D eigenvalue weighted by atomic mass is 16.6. The SMILES string of the molecule is CC(C)(C)C(OC(=O)NC1CC1)c1cc(C=CC#N)cc2cccnc12. The van der Waals surface area contributed by atoms with Crippen LogP contribution >= 0.6 is 0 Å². The average Bonchev–Trinajstić information content (AvgIpc) is 3.40. The number of alkyl carbamates (subject to hydrolysis) is 1. The molecule has 0 bridgehead atoms. The second kappa shape index (κ2) is 7.17. The van der Waals surface area contributed by atoms with E-state index in [-0.39, 0.29) is 11.5 Å². The van der Waals surface area contributed by atoms with Gasteiger partial charge in [-0.2, -0.15) is 5.26 Å². The first kappa shape index (κ1) is 17.9. The number of carbonyl (C=O) groups is 1. The van der Waals surface area contributed by atoms with Gasteiger partial charge in [-0.1, -0.05) is 26.8 Å². The lowest BCUT2D eigenvalue weighted by Crippen LogP contribution is -2.32. The molecule has 0 radical (unpaired) electrons. The molecule has 2 aromatic rings. The molecule has 1 aromatic heterocycles. The summed E-state index contributed by atoms with van der Waals surface area (Å²) in [5.41, 5.74) is 2.21. The largest absolute Gasteiger partial charge is 0.441 e. The molecule has 1 aromatic carbocycles. The van der Waals surface area contributed by atoms with E-state index in [9.17, 15) is 4.79 Å². The first-order valence-electron chi connectivity index (χ1n) is 8.80. The molecular weight excluding hydrogens is 326 g/mol. The number of nitrogens with zero attached hydrogens (tertiary/aromatic N) is 2. The van der Waals surface area contributed by atoms with Crippen molar-refractivity contribution in [2.75, 3.05) is 0 Å². The van der Waals surface area contributed by atoms with Gasteiger partial charge in [-0.3, -0.25) is 4.98 Å². The number of allylic oxidation sites excluding steroid dienone is 1. The number of nitriles is 1. The standard InChI is InChI=1S/C21H23N3O2/c1-21(2,3)19(26-20(25)24-16-8-9-16)17-13-14(6-4-10-22)12-15-7-5-11-23-18(15)17/h4-7,11-13,16,19H,8-9H2,1-3H3,(H,24,25). The van der Waals surface area contributed by atoms with Crippen LogP contribution in [0.5, 0.6) is 0 Å². The molecule has 1 amide bonds. The molecule has 0 aliphatic heterocycles. The van der Waals surface area contributed by atoms with E-state index in [0.29, 0.717) is 0 Å². The zero-order chi connectivity index (χ0) is 18.7. The minimum Gasteiger partial charge on any atom is -0.441 e. The van der Waals surface area contributed by atoms with Gasteiger partial charge in [-0.15, -0.1) is 0 Å². The van der Waals surface area contributed by atoms with Crippen LogP contribution in [0.3, 0.4) is 0 Å². The Kier molecular flexibility index (Phi) is 4.94. The Morgan fingerprint density at radius 1 is 1.42 bits per heavy atom. The number of pyridine rings is 1. The van der Waals surface area contributed by atoms with Crippen LogP contribution in [-0.4, -0.2) is 17.1 Å². The van der Waals surface area contributed by atoms with Gasteiger partial charge in [-0.25, -0.2) is 4.79 Å². The van der Waals surface area contributed by atoms with E-state index in [2.05, 4.69) is 10.3 Å². The summed E-state index contributed by atoms with van der Waals surface area (Å²) in [6.45, 7) is 6.11. The fourth-order valence-electron chi connectivity index (χ4n) is 2.92. The van der Waals surface area contributed by atoms with Gasteiger partial charge >= 0.3 is 6.09 Å². The molecule has 1 fully saturated rings. The van der Waals surface area contributed by atoms with Crippen LogP contribution in [0.1, 0.15) is 50.8 Å². The highest BCUT2D eigenvalue weighted by molar-refractivity contribution is 5.85. The maximum Gasteiger partial charge on any atom is 0.407 e. The van der Waals surface area contributed by atoms with Crippen molar-refractivity contribution in [2.24, 2.45) is 5.41 Å². The predicted octanol–water partition coefficient (Wildman–Crippen LogP) is 4.75. The number of amides is 1. The lowest BCUT2D eigenvalue weighted by molar-refractivity contribution is 0.0308. The molecular formula is C21H23N3O2. The van der Waals surface area contributed by atoms with Crippen molar-refractivity contribution in [1.29, 1.82) is 5.26 Å². The lowest BCUT2D eigenvalue weighted by Gasteiger charge is -2.31. The first-order valence-corrected chi connectivity index (χ1v) is 8.80.